The molecule has 5 rings (SSSR count). The van der Waals surface area contributed by atoms with E-state index in [1.54, 1.807) is 6.07 Å². The first kappa shape index (κ1) is 18.9. The van der Waals surface area contributed by atoms with Crippen molar-refractivity contribution in [2.24, 2.45) is 0 Å². The van der Waals surface area contributed by atoms with Crippen LogP contribution in [0.25, 0.3) is 44.5 Å². The summed E-state index contributed by atoms with van der Waals surface area (Å²) in [4.78, 5) is 8.79. The number of halogens is 3. The normalized spacial score (nSPS) is 11.8. The van der Waals surface area contributed by atoms with E-state index in [-0.39, 0.29) is 11.6 Å². The van der Waals surface area contributed by atoms with E-state index in [0.29, 0.717) is 28.1 Å². The number of fused-ring (bicyclic) bond motifs is 3. The highest BCUT2D eigenvalue weighted by atomic mass is 19.4. The molecular formula is C23H14F3N3O2. The van der Waals surface area contributed by atoms with Gasteiger partial charge in [-0.05, 0) is 24.3 Å². The minimum atomic E-state index is -4.78. The lowest BCUT2D eigenvalue weighted by Crippen LogP contribution is -2.17. The number of alkyl halides is 3. The maximum atomic E-state index is 12.6. The van der Waals surface area contributed by atoms with Gasteiger partial charge in [0.05, 0.1) is 11.9 Å². The molecule has 0 bridgehead atoms. The number of hydrogen-bond acceptors (Lipinski definition) is 5. The van der Waals surface area contributed by atoms with Gasteiger partial charge < -0.3 is 14.9 Å². The summed E-state index contributed by atoms with van der Waals surface area (Å²) in [6.45, 7) is 0. The van der Waals surface area contributed by atoms with Crippen LogP contribution < -0.4 is 10.5 Å². The minimum Gasteiger partial charge on any atom is -0.455 e. The number of hydrogen-bond donors (Lipinski definition) is 1. The molecule has 0 aliphatic heterocycles. The van der Waals surface area contributed by atoms with Gasteiger partial charge in [0.1, 0.15) is 28.4 Å². The molecule has 2 aromatic heterocycles. The number of aromatic nitrogens is 2. The van der Waals surface area contributed by atoms with Crippen molar-refractivity contribution in [1.29, 1.82) is 0 Å². The number of ether oxygens (including phenoxy) is 1. The van der Waals surface area contributed by atoms with Crippen LogP contribution in [0.3, 0.4) is 0 Å². The topological polar surface area (TPSA) is 74.2 Å². The van der Waals surface area contributed by atoms with Crippen LogP contribution in [0, 0.1) is 0 Å². The molecule has 0 aliphatic carbocycles. The van der Waals surface area contributed by atoms with Gasteiger partial charge in [0.25, 0.3) is 0 Å². The molecule has 0 spiro atoms. The van der Waals surface area contributed by atoms with Gasteiger partial charge in [-0.1, -0.05) is 42.5 Å². The standard InChI is InChI=1S/C23H14F3N3O2/c24-23(25,26)31-14-6-3-5-13(11-14)18-12-28-22(27)20(29-18)17-9-4-8-16-15-7-1-2-10-19(15)30-21(16)17/h1-12H,(H2,27,28). The van der Waals surface area contributed by atoms with Gasteiger partial charge in [0.2, 0.25) is 0 Å². The lowest BCUT2D eigenvalue weighted by molar-refractivity contribution is -0.274. The van der Waals surface area contributed by atoms with Crippen LogP contribution in [-0.4, -0.2) is 16.3 Å². The second kappa shape index (κ2) is 7.02. The molecule has 0 atom stereocenters. The predicted octanol–water partition coefficient (Wildman–Crippen LogP) is 6.19. The molecule has 5 aromatic rings. The number of para-hydroxylation sites is 2. The van der Waals surface area contributed by atoms with Crippen molar-refractivity contribution in [2.75, 3.05) is 5.73 Å². The molecule has 2 heterocycles. The van der Waals surface area contributed by atoms with Crippen LogP contribution in [-0.2, 0) is 0 Å². The third-order valence-electron chi connectivity index (χ3n) is 4.82. The van der Waals surface area contributed by atoms with Gasteiger partial charge in [-0.3, -0.25) is 0 Å². The average molecular weight is 421 g/mol. The van der Waals surface area contributed by atoms with Crippen molar-refractivity contribution < 1.29 is 22.3 Å². The Kier molecular flexibility index (Phi) is 4.28. The second-order valence-corrected chi connectivity index (χ2v) is 6.85. The fraction of sp³-hybridized carbons (Fsp3) is 0.0435. The summed E-state index contributed by atoms with van der Waals surface area (Å²) in [5, 5.41) is 1.86. The van der Waals surface area contributed by atoms with Crippen molar-refractivity contribution >= 4 is 27.8 Å². The lowest BCUT2D eigenvalue weighted by atomic mass is 10.1. The number of nitrogens with two attached hydrogens (primary N) is 1. The van der Waals surface area contributed by atoms with Crippen LogP contribution in [0.1, 0.15) is 0 Å². The number of rotatable bonds is 3. The quantitative estimate of drug-likeness (QED) is 0.376. The molecule has 8 heteroatoms. The largest absolute Gasteiger partial charge is 0.573 e. The molecule has 0 aliphatic rings. The van der Waals surface area contributed by atoms with Gasteiger partial charge in [0, 0.05) is 21.9 Å². The fourth-order valence-corrected chi connectivity index (χ4v) is 3.52. The van der Waals surface area contributed by atoms with Crippen LogP contribution in [0.4, 0.5) is 19.0 Å². The zero-order valence-corrected chi connectivity index (χ0v) is 15.9. The molecule has 0 amide bonds. The van der Waals surface area contributed by atoms with E-state index in [0.717, 1.165) is 16.4 Å². The molecule has 0 radical (unpaired) electrons. The summed E-state index contributed by atoms with van der Waals surface area (Å²) < 4.78 is 47.8. The van der Waals surface area contributed by atoms with E-state index in [1.807, 2.05) is 42.5 Å². The van der Waals surface area contributed by atoms with E-state index in [1.165, 1.54) is 24.4 Å². The summed E-state index contributed by atoms with van der Waals surface area (Å²) in [5.41, 5.74) is 9.23. The van der Waals surface area contributed by atoms with Crippen LogP contribution in [0.15, 0.2) is 77.3 Å². The first-order valence-corrected chi connectivity index (χ1v) is 9.28. The van der Waals surface area contributed by atoms with Crippen molar-refractivity contribution in [3.8, 4) is 28.3 Å². The Morgan fingerprint density at radius 1 is 0.903 bits per heavy atom. The number of anilines is 1. The third kappa shape index (κ3) is 3.52. The summed E-state index contributed by atoms with van der Waals surface area (Å²) in [6, 6.07) is 18.8. The average Bonchev–Trinajstić information content (AvgIpc) is 3.12. The van der Waals surface area contributed by atoms with Crippen LogP contribution in [0.5, 0.6) is 5.75 Å². The molecule has 3 aromatic carbocycles. The van der Waals surface area contributed by atoms with Gasteiger partial charge in [-0.2, -0.15) is 0 Å². The maximum Gasteiger partial charge on any atom is 0.573 e. The Bertz CT molecular complexity index is 1430. The molecule has 0 saturated carbocycles. The Balaban J connectivity index is 1.65. The SMILES string of the molecule is Nc1ncc(-c2cccc(OC(F)(F)F)c2)nc1-c1cccc2c1oc1ccccc12. The predicted molar refractivity (Wildman–Crippen MR) is 111 cm³/mol. The first-order valence-electron chi connectivity index (χ1n) is 9.28. The fourth-order valence-electron chi connectivity index (χ4n) is 3.52. The first-order chi connectivity index (χ1) is 14.9. The van der Waals surface area contributed by atoms with Crippen molar-refractivity contribution in [2.45, 2.75) is 6.36 Å². The zero-order valence-electron chi connectivity index (χ0n) is 15.9. The molecule has 0 fully saturated rings. The van der Waals surface area contributed by atoms with Gasteiger partial charge >= 0.3 is 6.36 Å². The number of nitrogen functional groups attached to an aromatic ring is 1. The molecular weight excluding hydrogens is 407 g/mol. The summed E-state index contributed by atoms with van der Waals surface area (Å²) >= 11 is 0. The van der Waals surface area contributed by atoms with Crippen LogP contribution >= 0.6 is 0 Å². The smallest absolute Gasteiger partial charge is 0.455 e. The highest BCUT2D eigenvalue weighted by molar-refractivity contribution is 6.09. The Morgan fingerprint density at radius 3 is 2.52 bits per heavy atom. The van der Waals surface area contributed by atoms with E-state index >= 15 is 0 Å². The third-order valence-corrected chi connectivity index (χ3v) is 4.82. The molecule has 0 unspecified atom stereocenters. The van der Waals surface area contributed by atoms with Gasteiger partial charge in [-0.25, -0.2) is 9.97 Å². The molecule has 31 heavy (non-hydrogen) atoms. The Labute approximate surface area is 173 Å². The van der Waals surface area contributed by atoms with E-state index in [9.17, 15) is 13.2 Å². The maximum absolute atomic E-state index is 12.6. The van der Waals surface area contributed by atoms with E-state index < -0.39 is 6.36 Å². The summed E-state index contributed by atoms with van der Waals surface area (Å²) in [5.74, 6) is -0.163. The van der Waals surface area contributed by atoms with Gasteiger partial charge in [0.15, 0.2) is 0 Å². The van der Waals surface area contributed by atoms with E-state index in [2.05, 4.69) is 14.7 Å². The highest BCUT2D eigenvalue weighted by Gasteiger charge is 2.31. The Morgan fingerprint density at radius 2 is 1.68 bits per heavy atom. The molecule has 0 saturated heterocycles. The van der Waals surface area contributed by atoms with Crippen molar-refractivity contribution in [3.63, 3.8) is 0 Å². The monoisotopic (exact) mass is 421 g/mol. The van der Waals surface area contributed by atoms with Crippen molar-refractivity contribution in [3.05, 3.63) is 72.9 Å². The van der Waals surface area contributed by atoms with Gasteiger partial charge in [-0.15, -0.1) is 13.2 Å². The number of furan rings is 1. The summed E-state index contributed by atoms with van der Waals surface area (Å²) in [7, 11) is 0. The molecule has 154 valence electrons. The van der Waals surface area contributed by atoms with Crippen molar-refractivity contribution in [1.82, 2.24) is 9.97 Å². The summed E-state index contributed by atoms with van der Waals surface area (Å²) in [6.07, 6.45) is -3.38. The highest BCUT2D eigenvalue weighted by Crippen LogP contribution is 2.37. The number of benzene rings is 3. The van der Waals surface area contributed by atoms with Crippen LogP contribution in [0.2, 0.25) is 0 Å². The Hall–Kier alpha value is -4.07. The number of nitrogens with zero attached hydrogens (tertiary/aromatic N) is 2. The molecule has 2 N–H and O–H groups in total. The lowest BCUT2D eigenvalue weighted by Gasteiger charge is -2.11. The second-order valence-electron chi connectivity index (χ2n) is 6.85. The van der Waals surface area contributed by atoms with E-state index in [4.69, 9.17) is 10.2 Å². The zero-order chi connectivity index (χ0) is 21.6. The minimum absolute atomic E-state index is 0.180. The molecule has 5 nitrogen and oxygen atoms in total.